The fourth-order valence-corrected chi connectivity index (χ4v) is 0.663. The lowest BCUT2D eigenvalue weighted by Gasteiger charge is -2.13. The Morgan fingerprint density at radius 1 is 1.56 bits per heavy atom. The van der Waals surface area contributed by atoms with E-state index in [1.54, 1.807) is 0 Å². The molecular formula is C3H3Cl2N3O. The molecule has 0 unspecified atom stereocenters. The summed E-state index contributed by atoms with van der Waals surface area (Å²) in [6.07, 6.45) is 0. The highest BCUT2D eigenvalue weighted by Gasteiger charge is 2.09. The maximum absolute atomic E-state index is 8.70. The molecule has 0 aromatic rings. The highest BCUT2D eigenvalue weighted by Crippen LogP contribution is 2.03. The largest absolute Gasteiger partial charge is 0.284 e. The third-order valence-electron chi connectivity index (χ3n) is 0.733. The van der Waals surface area contributed by atoms with E-state index in [2.05, 4.69) is 9.98 Å². The Morgan fingerprint density at radius 2 is 2.22 bits per heavy atom. The molecular weight excluding hydrogens is 165 g/mol. The molecule has 0 amide bonds. The molecule has 1 N–H and O–H groups in total. The van der Waals surface area contributed by atoms with Crippen LogP contribution in [0.25, 0.3) is 0 Å². The van der Waals surface area contributed by atoms with Crippen LogP contribution in [0, 0.1) is 0 Å². The highest BCUT2D eigenvalue weighted by molar-refractivity contribution is 6.71. The van der Waals surface area contributed by atoms with Gasteiger partial charge in [0, 0.05) is 0 Å². The first-order chi connectivity index (χ1) is 4.20. The van der Waals surface area contributed by atoms with Crippen LogP contribution in [0.1, 0.15) is 0 Å². The van der Waals surface area contributed by atoms with Crippen molar-refractivity contribution in [2.75, 3.05) is 6.67 Å². The first-order valence-electron chi connectivity index (χ1n) is 2.10. The van der Waals surface area contributed by atoms with Crippen LogP contribution in [-0.4, -0.2) is 27.5 Å². The number of nitrogens with zero attached hydrogens (tertiary/aromatic N) is 3. The Morgan fingerprint density at radius 3 is 2.67 bits per heavy atom. The normalized spacial score (nSPS) is 19.2. The second-order valence-corrected chi connectivity index (χ2v) is 2.03. The van der Waals surface area contributed by atoms with Crippen molar-refractivity contribution < 1.29 is 5.21 Å². The van der Waals surface area contributed by atoms with Gasteiger partial charge in [0.25, 0.3) is 0 Å². The number of hydroxylamine groups is 2. The molecule has 0 radical (unpaired) electrons. The number of amidine groups is 2. The molecule has 1 aliphatic heterocycles. The van der Waals surface area contributed by atoms with Crippen molar-refractivity contribution in [2.24, 2.45) is 9.98 Å². The average molecular weight is 168 g/mol. The zero-order valence-electron chi connectivity index (χ0n) is 4.25. The quantitative estimate of drug-likeness (QED) is 0.544. The summed E-state index contributed by atoms with van der Waals surface area (Å²) in [5.41, 5.74) is 0. The van der Waals surface area contributed by atoms with Crippen LogP contribution in [0.2, 0.25) is 0 Å². The summed E-state index contributed by atoms with van der Waals surface area (Å²) in [5, 5.41) is 9.39. The van der Waals surface area contributed by atoms with Crippen molar-refractivity contribution in [3.05, 3.63) is 0 Å². The second kappa shape index (κ2) is 2.51. The smallest absolute Gasteiger partial charge is 0.227 e. The third kappa shape index (κ3) is 1.54. The lowest BCUT2D eigenvalue weighted by molar-refractivity contribution is -0.00909. The molecule has 0 atom stereocenters. The van der Waals surface area contributed by atoms with Gasteiger partial charge in [-0.15, -0.1) is 0 Å². The van der Waals surface area contributed by atoms with Crippen LogP contribution in [0.3, 0.4) is 0 Å². The van der Waals surface area contributed by atoms with Crippen molar-refractivity contribution in [1.29, 1.82) is 0 Å². The Labute approximate surface area is 61.4 Å². The SMILES string of the molecule is ON1CN=C(Cl)N=C1Cl. The van der Waals surface area contributed by atoms with Gasteiger partial charge >= 0.3 is 0 Å². The minimum Gasteiger partial charge on any atom is -0.284 e. The number of aliphatic imine (C=N–C) groups is 2. The van der Waals surface area contributed by atoms with Gasteiger partial charge in [-0.05, 0) is 23.2 Å². The van der Waals surface area contributed by atoms with Crippen molar-refractivity contribution in [3.8, 4) is 0 Å². The summed E-state index contributed by atoms with van der Waals surface area (Å²) in [4.78, 5) is 6.98. The standard InChI is InChI=1S/C3H3Cl2N3O/c4-2-6-1-8(9)3(5)7-2/h9H,1H2. The van der Waals surface area contributed by atoms with Crippen molar-refractivity contribution >= 4 is 33.8 Å². The highest BCUT2D eigenvalue weighted by atomic mass is 35.5. The van der Waals surface area contributed by atoms with Crippen LogP contribution in [0.4, 0.5) is 0 Å². The predicted octanol–water partition coefficient (Wildman–Crippen LogP) is 0.838. The third-order valence-corrected chi connectivity index (χ3v) is 1.22. The van der Waals surface area contributed by atoms with Gasteiger partial charge in [0.2, 0.25) is 10.6 Å². The number of halogens is 2. The lowest BCUT2D eigenvalue weighted by atomic mass is 10.9. The van der Waals surface area contributed by atoms with Gasteiger partial charge in [0.05, 0.1) is 0 Å². The van der Waals surface area contributed by atoms with Gasteiger partial charge in [0.15, 0.2) is 0 Å². The van der Waals surface area contributed by atoms with E-state index in [-0.39, 0.29) is 17.3 Å². The van der Waals surface area contributed by atoms with E-state index in [4.69, 9.17) is 28.4 Å². The summed E-state index contributed by atoms with van der Waals surface area (Å²) in [5.74, 6) is 0. The maximum Gasteiger partial charge on any atom is 0.227 e. The summed E-state index contributed by atoms with van der Waals surface area (Å²) in [6, 6.07) is 0. The number of hydrogen-bond acceptors (Lipinski definition) is 4. The average Bonchev–Trinajstić information content (AvgIpc) is 1.80. The summed E-state index contributed by atoms with van der Waals surface area (Å²) < 4.78 is 0. The first kappa shape index (κ1) is 6.80. The molecule has 1 rings (SSSR count). The molecule has 4 nitrogen and oxygen atoms in total. The van der Waals surface area contributed by atoms with Gasteiger partial charge in [-0.3, -0.25) is 5.21 Å². The molecule has 0 aliphatic carbocycles. The molecule has 1 aliphatic rings. The molecule has 9 heavy (non-hydrogen) atoms. The van der Waals surface area contributed by atoms with E-state index in [0.29, 0.717) is 5.06 Å². The zero-order chi connectivity index (χ0) is 6.85. The van der Waals surface area contributed by atoms with Crippen LogP contribution >= 0.6 is 23.2 Å². The predicted molar refractivity (Wildman–Crippen MR) is 35.1 cm³/mol. The topological polar surface area (TPSA) is 48.2 Å². The Kier molecular flexibility index (Phi) is 1.90. The Balaban J connectivity index is 2.74. The van der Waals surface area contributed by atoms with Gasteiger partial charge in [-0.2, -0.15) is 4.99 Å². The van der Waals surface area contributed by atoms with E-state index in [1.165, 1.54) is 0 Å². The minimum absolute atomic E-state index is 0.0428. The summed E-state index contributed by atoms with van der Waals surface area (Å²) in [7, 11) is 0. The van der Waals surface area contributed by atoms with E-state index in [9.17, 15) is 0 Å². The Bertz CT molecular complexity index is 178. The summed E-state index contributed by atoms with van der Waals surface area (Å²) in [6.45, 7) is 0.0428. The maximum atomic E-state index is 8.70. The second-order valence-electron chi connectivity index (χ2n) is 1.35. The van der Waals surface area contributed by atoms with Crippen LogP contribution < -0.4 is 0 Å². The van der Waals surface area contributed by atoms with E-state index < -0.39 is 0 Å². The molecule has 0 spiro atoms. The summed E-state index contributed by atoms with van der Waals surface area (Å²) >= 11 is 10.6. The molecule has 0 aromatic heterocycles. The molecule has 6 heteroatoms. The molecule has 0 fully saturated rings. The van der Waals surface area contributed by atoms with E-state index in [0.717, 1.165) is 0 Å². The van der Waals surface area contributed by atoms with E-state index in [1.807, 2.05) is 0 Å². The molecule has 0 saturated heterocycles. The molecule has 0 bridgehead atoms. The number of hydrogen-bond donors (Lipinski definition) is 1. The molecule has 1 heterocycles. The Hall–Kier alpha value is -0.320. The van der Waals surface area contributed by atoms with Crippen molar-refractivity contribution in [2.45, 2.75) is 0 Å². The van der Waals surface area contributed by atoms with Gasteiger partial charge in [0.1, 0.15) is 6.67 Å². The van der Waals surface area contributed by atoms with Crippen molar-refractivity contribution in [3.63, 3.8) is 0 Å². The van der Waals surface area contributed by atoms with Crippen LogP contribution in [-0.2, 0) is 0 Å². The van der Waals surface area contributed by atoms with Gasteiger partial charge in [-0.25, -0.2) is 10.1 Å². The monoisotopic (exact) mass is 167 g/mol. The molecule has 50 valence electrons. The first-order valence-corrected chi connectivity index (χ1v) is 2.86. The zero-order valence-corrected chi connectivity index (χ0v) is 5.76. The van der Waals surface area contributed by atoms with Crippen LogP contribution in [0.15, 0.2) is 9.98 Å². The lowest BCUT2D eigenvalue weighted by Crippen LogP contribution is -2.27. The van der Waals surface area contributed by atoms with E-state index >= 15 is 0 Å². The molecule has 0 saturated carbocycles. The van der Waals surface area contributed by atoms with Crippen molar-refractivity contribution in [1.82, 2.24) is 5.06 Å². The fourth-order valence-electron chi connectivity index (χ4n) is 0.353. The minimum atomic E-state index is -0.0602. The van der Waals surface area contributed by atoms with Gasteiger partial charge < -0.3 is 0 Å². The number of rotatable bonds is 0. The van der Waals surface area contributed by atoms with Crippen LogP contribution in [0.5, 0.6) is 0 Å². The molecule has 0 aromatic carbocycles. The van der Waals surface area contributed by atoms with Gasteiger partial charge in [-0.1, -0.05) is 0 Å². The fraction of sp³-hybridized carbons (Fsp3) is 0.333.